The first-order valence-electron chi connectivity index (χ1n) is 7.14. The summed E-state index contributed by atoms with van der Waals surface area (Å²) in [6.45, 7) is 1.45. The van der Waals surface area contributed by atoms with Crippen molar-refractivity contribution >= 4 is 11.9 Å². The number of ether oxygens (including phenoxy) is 1. The predicted octanol–water partition coefficient (Wildman–Crippen LogP) is 3.07. The van der Waals surface area contributed by atoms with Gasteiger partial charge in [0.05, 0.1) is 0 Å². The first-order chi connectivity index (χ1) is 9.13. The maximum atomic E-state index is 10.3. The van der Waals surface area contributed by atoms with Crippen molar-refractivity contribution in [1.29, 1.82) is 0 Å². The molecule has 0 aliphatic heterocycles. The SMILES string of the molecule is O=C(O)CCCCCCCOCCCCCC(=O)O. The molecule has 0 bridgehead atoms. The first-order valence-corrected chi connectivity index (χ1v) is 7.14. The Bertz CT molecular complexity index is 216. The number of hydrogen-bond donors (Lipinski definition) is 2. The van der Waals surface area contributed by atoms with Gasteiger partial charge in [0, 0.05) is 26.1 Å². The molecular weight excluding hydrogens is 248 g/mol. The average molecular weight is 274 g/mol. The van der Waals surface area contributed by atoms with E-state index in [-0.39, 0.29) is 12.8 Å². The molecule has 0 atom stereocenters. The molecule has 112 valence electrons. The summed E-state index contributed by atoms with van der Waals surface area (Å²) in [4.78, 5) is 20.5. The predicted molar refractivity (Wildman–Crippen MR) is 72.3 cm³/mol. The molecule has 0 aliphatic rings. The molecule has 0 spiro atoms. The van der Waals surface area contributed by atoms with Gasteiger partial charge in [-0.3, -0.25) is 9.59 Å². The summed E-state index contributed by atoms with van der Waals surface area (Å²) in [6, 6.07) is 0. The molecule has 19 heavy (non-hydrogen) atoms. The molecule has 0 amide bonds. The van der Waals surface area contributed by atoms with Crippen LogP contribution in [0.2, 0.25) is 0 Å². The molecule has 0 aromatic heterocycles. The molecular formula is C14H26O5. The number of unbranched alkanes of at least 4 members (excludes halogenated alkanes) is 6. The van der Waals surface area contributed by atoms with Gasteiger partial charge >= 0.3 is 11.9 Å². The van der Waals surface area contributed by atoms with Gasteiger partial charge in [0.2, 0.25) is 0 Å². The van der Waals surface area contributed by atoms with Gasteiger partial charge in [0.1, 0.15) is 0 Å². The zero-order valence-electron chi connectivity index (χ0n) is 11.6. The fraction of sp³-hybridized carbons (Fsp3) is 0.857. The molecule has 0 radical (unpaired) electrons. The minimum atomic E-state index is -0.733. The van der Waals surface area contributed by atoms with Gasteiger partial charge < -0.3 is 14.9 Å². The molecule has 0 saturated heterocycles. The lowest BCUT2D eigenvalue weighted by Gasteiger charge is -2.04. The minimum absolute atomic E-state index is 0.246. The Balaban J connectivity index is 2.99. The third-order valence-electron chi connectivity index (χ3n) is 2.86. The monoisotopic (exact) mass is 274 g/mol. The molecule has 0 rings (SSSR count). The van der Waals surface area contributed by atoms with E-state index in [1.54, 1.807) is 0 Å². The van der Waals surface area contributed by atoms with Crippen molar-refractivity contribution in [3.05, 3.63) is 0 Å². The molecule has 0 unspecified atom stereocenters. The highest BCUT2D eigenvalue weighted by atomic mass is 16.5. The highest BCUT2D eigenvalue weighted by molar-refractivity contribution is 5.66. The van der Waals surface area contributed by atoms with E-state index in [9.17, 15) is 9.59 Å². The van der Waals surface area contributed by atoms with Gasteiger partial charge in [-0.2, -0.15) is 0 Å². The van der Waals surface area contributed by atoms with Gasteiger partial charge in [-0.05, 0) is 25.7 Å². The summed E-state index contributed by atoms with van der Waals surface area (Å²) in [5.74, 6) is -1.45. The van der Waals surface area contributed by atoms with Crippen LogP contribution in [0.1, 0.15) is 64.2 Å². The van der Waals surface area contributed by atoms with Crippen LogP contribution in [0.4, 0.5) is 0 Å². The smallest absolute Gasteiger partial charge is 0.303 e. The van der Waals surface area contributed by atoms with E-state index in [1.165, 1.54) is 0 Å². The van der Waals surface area contributed by atoms with E-state index in [0.717, 1.165) is 58.0 Å². The second kappa shape index (κ2) is 13.3. The second-order valence-electron chi connectivity index (χ2n) is 4.73. The maximum Gasteiger partial charge on any atom is 0.303 e. The van der Waals surface area contributed by atoms with Crippen molar-refractivity contribution in [3.63, 3.8) is 0 Å². The Hall–Kier alpha value is -1.10. The second-order valence-corrected chi connectivity index (χ2v) is 4.73. The van der Waals surface area contributed by atoms with Crippen molar-refractivity contribution in [1.82, 2.24) is 0 Å². The van der Waals surface area contributed by atoms with E-state index in [4.69, 9.17) is 14.9 Å². The summed E-state index contributed by atoms with van der Waals surface area (Å²) >= 11 is 0. The lowest BCUT2D eigenvalue weighted by molar-refractivity contribution is -0.138. The quantitative estimate of drug-likeness (QED) is 0.475. The summed E-state index contributed by atoms with van der Waals surface area (Å²) in [6.07, 6.45) is 7.97. The van der Waals surface area contributed by atoms with Gasteiger partial charge in [-0.1, -0.05) is 25.7 Å². The molecule has 0 saturated carbocycles. The molecule has 2 N–H and O–H groups in total. The van der Waals surface area contributed by atoms with Crippen LogP contribution < -0.4 is 0 Å². The topological polar surface area (TPSA) is 83.8 Å². The van der Waals surface area contributed by atoms with E-state index < -0.39 is 11.9 Å². The molecule has 0 fully saturated rings. The minimum Gasteiger partial charge on any atom is -0.481 e. The normalized spacial score (nSPS) is 10.5. The van der Waals surface area contributed by atoms with Crippen LogP contribution in [0.5, 0.6) is 0 Å². The molecule has 0 heterocycles. The van der Waals surface area contributed by atoms with Gasteiger partial charge in [-0.15, -0.1) is 0 Å². The fourth-order valence-corrected chi connectivity index (χ4v) is 1.77. The van der Waals surface area contributed by atoms with Crippen LogP contribution in [0.3, 0.4) is 0 Å². The average Bonchev–Trinajstić information content (AvgIpc) is 2.34. The Kier molecular flexibility index (Phi) is 12.6. The number of carboxylic acid groups (broad SMARTS) is 2. The summed E-state index contributed by atoms with van der Waals surface area (Å²) in [5, 5.41) is 16.9. The van der Waals surface area contributed by atoms with Crippen molar-refractivity contribution in [3.8, 4) is 0 Å². The highest BCUT2D eigenvalue weighted by Crippen LogP contribution is 2.06. The number of carbonyl (C=O) groups is 2. The van der Waals surface area contributed by atoms with Crippen molar-refractivity contribution < 1.29 is 24.5 Å². The van der Waals surface area contributed by atoms with Crippen LogP contribution in [0.25, 0.3) is 0 Å². The Morgan fingerprint density at radius 2 is 1.00 bits per heavy atom. The third kappa shape index (κ3) is 16.9. The van der Waals surface area contributed by atoms with Gasteiger partial charge in [0.25, 0.3) is 0 Å². The van der Waals surface area contributed by atoms with Crippen LogP contribution in [-0.4, -0.2) is 35.4 Å². The summed E-state index contributed by atoms with van der Waals surface area (Å²) < 4.78 is 5.44. The number of aliphatic carboxylic acids is 2. The zero-order valence-corrected chi connectivity index (χ0v) is 11.6. The lowest BCUT2D eigenvalue weighted by Crippen LogP contribution is -1.99. The summed E-state index contributed by atoms with van der Waals surface area (Å²) in [5.41, 5.74) is 0. The number of rotatable bonds is 14. The molecule has 5 nitrogen and oxygen atoms in total. The fourth-order valence-electron chi connectivity index (χ4n) is 1.77. The zero-order chi connectivity index (χ0) is 14.3. The van der Waals surface area contributed by atoms with Gasteiger partial charge in [-0.25, -0.2) is 0 Å². The number of hydrogen-bond acceptors (Lipinski definition) is 3. The van der Waals surface area contributed by atoms with E-state index in [0.29, 0.717) is 6.61 Å². The van der Waals surface area contributed by atoms with E-state index in [2.05, 4.69) is 0 Å². The van der Waals surface area contributed by atoms with Crippen LogP contribution in [0, 0.1) is 0 Å². The number of carboxylic acids is 2. The Labute approximate surface area is 115 Å². The summed E-state index contributed by atoms with van der Waals surface area (Å²) in [7, 11) is 0. The van der Waals surface area contributed by atoms with Crippen molar-refractivity contribution in [2.75, 3.05) is 13.2 Å². The molecule has 0 aromatic rings. The third-order valence-corrected chi connectivity index (χ3v) is 2.86. The largest absolute Gasteiger partial charge is 0.481 e. The molecule has 0 aliphatic carbocycles. The standard InChI is InChI=1S/C14H26O5/c15-13(16)9-5-2-1-3-7-11-19-12-8-4-6-10-14(17)18/h1-12H2,(H,15,16)(H,17,18). The highest BCUT2D eigenvalue weighted by Gasteiger charge is 1.98. The van der Waals surface area contributed by atoms with Gasteiger partial charge in [0.15, 0.2) is 0 Å². The molecule has 0 aromatic carbocycles. The van der Waals surface area contributed by atoms with Crippen LogP contribution >= 0.6 is 0 Å². The first kappa shape index (κ1) is 17.9. The van der Waals surface area contributed by atoms with E-state index >= 15 is 0 Å². The van der Waals surface area contributed by atoms with Crippen molar-refractivity contribution in [2.24, 2.45) is 0 Å². The Morgan fingerprint density at radius 3 is 1.47 bits per heavy atom. The lowest BCUT2D eigenvalue weighted by atomic mass is 10.1. The molecule has 5 heteroatoms. The van der Waals surface area contributed by atoms with Crippen molar-refractivity contribution in [2.45, 2.75) is 64.2 Å². The van der Waals surface area contributed by atoms with E-state index in [1.807, 2.05) is 0 Å². The maximum absolute atomic E-state index is 10.3. The van der Waals surface area contributed by atoms with Crippen LogP contribution in [-0.2, 0) is 14.3 Å². The van der Waals surface area contributed by atoms with Crippen LogP contribution in [0.15, 0.2) is 0 Å². The Morgan fingerprint density at radius 1 is 0.632 bits per heavy atom.